The maximum atomic E-state index is 13.8. The molecule has 1 aromatic heterocycles. The zero-order chi connectivity index (χ0) is 23.6. The molecule has 1 saturated carbocycles. The smallest absolute Gasteiger partial charge is 0.321 e. The average molecular weight is 460 g/mol. The highest BCUT2D eigenvalue weighted by Gasteiger charge is 2.53. The van der Waals surface area contributed by atoms with E-state index in [1.54, 1.807) is 28.6 Å². The van der Waals surface area contributed by atoms with Crippen LogP contribution in [0, 0.1) is 25.6 Å². The number of nitrogens with zero attached hydrogens (tertiary/aromatic N) is 4. The third-order valence-electron chi connectivity index (χ3n) is 7.17. The summed E-state index contributed by atoms with van der Waals surface area (Å²) in [4.78, 5) is 30.1. The lowest BCUT2D eigenvalue weighted by Crippen LogP contribution is -2.62. The van der Waals surface area contributed by atoms with Crippen molar-refractivity contribution >= 4 is 17.6 Å². The number of rotatable bonds is 4. The number of carbonyl (C=O) groups excluding carboxylic acids is 2. The van der Waals surface area contributed by atoms with E-state index in [-0.39, 0.29) is 29.8 Å². The van der Waals surface area contributed by atoms with E-state index < -0.39 is 0 Å². The molecule has 174 valence electrons. The van der Waals surface area contributed by atoms with Crippen molar-refractivity contribution in [3.63, 3.8) is 0 Å². The standard InChI is InChI=1S/C26H26FN5O2/c1-15-8-11-18(12-21(15)27)28-26(34)30-13-20(14-30)31-23(17-9-10-17)22-16(2)29-32(24(22)25(31)33)19-6-4-3-5-7-19/h3-8,11-12,17,20,23H,9-10,13-14H2,1-2H3,(H,28,34). The molecule has 3 aliphatic rings. The number of aromatic nitrogens is 2. The number of benzene rings is 2. The van der Waals surface area contributed by atoms with Crippen molar-refractivity contribution in [3.8, 4) is 5.69 Å². The second-order valence-corrected chi connectivity index (χ2v) is 9.54. The van der Waals surface area contributed by atoms with E-state index in [0.29, 0.717) is 36.0 Å². The molecule has 1 saturated heterocycles. The Kier molecular flexibility index (Phi) is 4.72. The van der Waals surface area contributed by atoms with E-state index in [2.05, 4.69) is 5.32 Å². The van der Waals surface area contributed by atoms with Gasteiger partial charge >= 0.3 is 6.03 Å². The van der Waals surface area contributed by atoms with Gasteiger partial charge < -0.3 is 15.1 Å². The molecule has 6 rings (SSSR count). The van der Waals surface area contributed by atoms with Crippen LogP contribution in [-0.4, -0.2) is 50.6 Å². The number of likely N-dealkylation sites (tertiary alicyclic amines) is 1. The summed E-state index contributed by atoms with van der Waals surface area (Å²) in [6.45, 7) is 4.57. The second kappa shape index (κ2) is 7.68. The topological polar surface area (TPSA) is 70.5 Å². The van der Waals surface area contributed by atoms with Crippen molar-refractivity contribution in [2.45, 2.75) is 38.8 Å². The largest absolute Gasteiger partial charge is 0.323 e. The number of amides is 3. The van der Waals surface area contributed by atoms with Crippen LogP contribution in [-0.2, 0) is 0 Å². The normalized spacial score (nSPS) is 19.9. The summed E-state index contributed by atoms with van der Waals surface area (Å²) < 4.78 is 15.6. The first-order chi connectivity index (χ1) is 16.4. The van der Waals surface area contributed by atoms with E-state index in [9.17, 15) is 14.0 Å². The van der Waals surface area contributed by atoms with Crippen molar-refractivity contribution in [3.05, 3.63) is 76.9 Å². The van der Waals surface area contributed by atoms with Gasteiger partial charge in [0, 0.05) is 24.3 Å². The number of halogens is 1. The van der Waals surface area contributed by atoms with Gasteiger partial charge in [-0.25, -0.2) is 13.9 Å². The van der Waals surface area contributed by atoms with Crippen LogP contribution in [0.3, 0.4) is 0 Å². The summed E-state index contributed by atoms with van der Waals surface area (Å²) in [5.41, 5.74) is 4.41. The Morgan fingerprint density at radius 3 is 2.50 bits per heavy atom. The highest BCUT2D eigenvalue weighted by Crippen LogP contribution is 2.52. The van der Waals surface area contributed by atoms with Crippen LogP contribution in [0.4, 0.5) is 14.9 Å². The quantitative estimate of drug-likeness (QED) is 0.627. The molecule has 1 N–H and O–H groups in total. The third-order valence-corrected chi connectivity index (χ3v) is 7.17. The summed E-state index contributed by atoms with van der Waals surface area (Å²) in [6, 6.07) is 14.1. The first kappa shape index (κ1) is 20.9. The molecule has 1 aliphatic carbocycles. The van der Waals surface area contributed by atoms with Crippen LogP contribution in [0.15, 0.2) is 48.5 Å². The van der Waals surface area contributed by atoms with Crippen molar-refractivity contribution < 1.29 is 14.0 Å². The number of carbonyl (C=O) groups is 2. The molecule has 8 heteroatoms. The van der Waals surface area contributed by atoms with Crippen LogP contribution < -0.4 is 5.32 Å². The highest BCUT2D eigenvalue weighted by molar-refractivity contribution is 5.99. The van der Waals surface area contributed by atoms with Crippen molar-refractivity contribution in [1.29, 1.82) is 0 Å². The second-order valence-electron chi connectivity index (χ2n) is 9.54. The maximum Gasteiger partial charge on any atom is 0.321 e. The minimum absolute atomic E-state index is 0.0120. The van der Waals surface area contributed by atoms with Gasteiger partial charge in [-0.2, -0.15) is 5.10 Å². The Balaban J connectivity index is 1.22. The molecule has 34 heavy (non-hydrogen) atoms. The average Bonchev–Trinajstić information content (AvgIpc) is 3.51. The number of aryl methyl sites for hydroxylation is 2. The molecule has 3 amide bonds. The monoisotopic (exact) mass is 459 g/mol. The van der Waals surface area contributed by atoms with Crippen molar-refractivity contribution in [2.24, 2.45) is 5.92 Å². The Morgan fingerprint density at radius 2 is 1.82 bits per heavy atom. The fourth-order valence-corrected chi connectivity index (χ4v) is 5.18. The van der Waals surface area contributed by atoms with Crippen LogP contribution >= 0.6 is 0 Å². The predicted octanol–water partition coefficient (Wildman–Crippen LogP) is 4.45. The minimum atomic E-state index is -0.352. The van der Waals surface area contributed by atoms with Gasteiger partial charge in [0.05, 0.1) is 23.5 Å². The van der Waals surface area contributed by atoms with Gasteiger partial charge in [0.15, 0.2) is 0 Å². The first-order valence-electron chi connectivity index (χ1n) is 11.7. The minimum Gasteiger partial charge on any atom is -0.323 e. The molecule has 2 aliphatic heterocycles. The van der Waals surface area contributed by atoms with Gasteiger partial charge in [-0.15, -0.1) is 0 Å². The Labute approximate surface area is 197 Å². The van der Waals surface area contributed by atoms with Crippen LogP contribution in [0.1, 0.15) is 46.2 Å². The Bertz CT molecular complexity index is 1290. The SMILES string of the molecule is Cc1ccc(NC(=O)N2CC(N3C(=O)c4c(c(C)nn4-c4ccccc4)C3C3CC3)C2)cc1F. The zero-order valence-corrected chi connectivity index (χ0v) is 19.2. The molecule has 1 unspecified atom stereocenters. The van der Waals surface area contributed by atoms with E-state index in [1.165, 1.54) is 6.07 Å². The maximum absolute atomic E-state index is 13.8. The molecule has 0 radical (unpaired) electrons. The number of fused-ring (bicyclic) bond motifs is 1. The molecule has 0 bridgehead atoms. The van der Waals surface area contributed by atoms with E-state index in [0.717, 1.165) is 29.8 Å². The summed E-state index contributed by atoms with van der Waals surface area (Å²) in [5.74, 6) is 0.0765. The fraction of sp³-hybridized carbons (Fsp3) is 0.346. The van der Waals surface area contributed by atoms with Gasteiger partial charge in [-0.05, 0) is 62.4 Å². The zero-order valence-electron chi connectivity index (χ0n) is 19.2. The molecule has 2 fully saturated rings. The highest BCUT2D eigenvalue weighted by atomic mass is 19.1. The molecule has 3 heterocycles. The van der Waals surface area contributed by atoms with Gasteiger partial charge in [0.25, 0.3) is 5.91 Å². The summed E-state index contributed by atoms with van der Waals surface area (Å²) in [7, 11) is 0. The Hall–Kier alpha value is -3.68. The number of urea groups is 1. The number of hydrogen-bond donors (Lipinski definition) is 1. The molecule has 1 atom stereocenters. The summed E-state index contributed by atoms with van der Waals surface area (Å²) in [5, 5.41) is 7.48. The van der Waals surface area contributed by atoms with Crippen molar-refractivity contribution in [2.75, 3.05) is 18.4 Å². The first-order valence-corrected chi connectivity index (χ1v) is 11.7. The molecular formula is C26H26FN5O2. The van der Waals surface area contributed by atoms with Gasteiger partial charge in [-0.3, -0.25) is 4.79 Å². The van der Waals surface area contributed by atoms with Crippen LogP contribution in [0.25, 0.3) is 5.69 Å². The number of para-hydroxylation sites is 1. The summed E-state index contributed by atoms with van der Waals surface area (Å²) in [6.07, 6.45) is 2.19. The molecular weight excluding hydrogens is 433 g/mol. The molecule has 3 aromatic rings. The number of anilines is 1. The molecule has 0 spiro atoms. The lowest BCUT2D eigenvalue weighted by molar-refractivity contribution is 0.0262. The van der Waals surface area contributed by atoms with Gasteiger partial charge in [0.2, 0.25) is 0 Å². The number of hydrogen-bond acceptors (Lipinski definition) is 3. The third kappa shape index (κ3) is 3.28. The Morgan fingerprint density at radius 1 is 1.09 bits per heavy atom. The van der Waals surface area contributed by atoms with E-state index >= 15 is 0 Å². The van der Waals surface area contributed by atoms with Crippen LogP contribution in [0.5, 0.6) is 0 Å². The van der Waals surface area contributed by atoms with Crippen molar-refractivity contribution in [1.82, 2.24) is 19.6 Å². The molecule has 7 nitrogen and oxygen atoms in total. The lowest BCUT2D eigenvalue weighted by Gasteiger charge is -2.46. The summed E-state index contributed by atoms with van der Waals surface area (Å²) >= 11 is 0. The van der Waals surface area contributed by atoms with E-state index in [4.69, 9.17) is 5.10 Å². The fourth-order valence-electron chi connectivity index (χ4n) is 5.18. The van der Waals surface area contributed by atoms with Gasteiger partial charge in [0.1, 0.15) is 11.5 Å². The lowest BCUT2D eigenvalue weighted by atomic mass is 10.00. The van der Waals surface area contributed by atoms with Gasteiger partial charge in [-0.1, -0.05) is 24.3 Å². The predicted molar refractivity (Wildman–Crippen MR) is 125 cm³/mol. The number of nitrogens with one attached hydrogen (secondary N) is 1. The van der Waals surface area contributed by atoms with E-state index in [1.807, 2.05) is 42.2 Å². The van der Waals surface area contributed by atoms with Crippen LogP contribution in [0.2, 0.25) is 0 Å². The molecule has 2 aromatic carbocycles.